The first-order valence-electron chi connectivity index (χ1n) is 11.0. The number of nitrogens with zero attached hydrogens (tertiary/aromatic N) is 3. The molecular weight excluding hydrogens is 394 g/mol. The summed E-state index contributed by atoms with van der Waals surface area (Å²) < 4.78 is 5.81. The number of ether oxygens (including phenoxy) is 1. The number of benzene rings is 1. The van der Waals surface area contributed by atoms with E-state index in [0.29, 0.717) is 29.1 Å². The van der Waals surface area contributed by atoms with Gasteiger partial charge in [-0.3, -0.25) is 9.69 Å². The zero-order valence-corrected chi connectivity index (χ0v) is 19.3. The molecule has 1 aliphatic carbocycles. The van der Waals surface area contributed by atoms with Crippen molar-refractivity contribution in [3.63, 3.8) is 0 Å². The maximum Gasteiger partial charge on any atom is 0.411 e. The Hall–Kier alpha value is -2.64. The van der Waals surface area contributed by atoms with E-state index in [2.05, 4.69) is 41.5 Å². The highest BCUT2D eigenvalue weighted by atomic mass is 16.6. The molecule has 2 amide bonds. The average molecular weight is 428 g/mol. The third-order valence-electron chi connectivity index (χ3n) is 6.90. The number of aromatic nitrogens is 3. The number of fused-ring (bicyclic) bond motifs is 3. The predicted molar refractivity (Wildman–Crippen MR) is 118 cm³/mol. The maximum absolute atomic E-state index is 13.3. The second kappa shape index (κ2) is 7.21. The molecule has 3 atom stereocenters. The van der Waals surface area contributed by atoms with Crippen molar-refractivity contribution in [1.29, 1.82) is 0 Å². The molecule has 2 fully saturated rings. The number of nitrogens with one attached hydrogen (secondary N) is 2. The number of hydrogen-bond acceptors (Lipinski definition) is 5. The Morgan fingerprint density at radius 1 is 1.19 bits per heavy atom. The molecule has 8 nitrogen and oxygen atoms in total. The molecule has 2 bridgehead atoms. The van der Waals surface area contributed by atoms with Gasteiger partial charge < -0.3 is 10.1 Å². The topological polar surface area (TPSA) is 100 Å². The molecule has 31 heavy (non-hydrogen) atoms. The Bertz CT molecular complexity index is 1000. The van der Waals surface area contributed by atoms with Crippen molar-refractivity contribution in [2.24, 2.45) is 11.3 Å². The van der Waals surface area contributed by atoms with E-state index in [0.717, 1.165) is 19.3 Å². The van der Waals surface area contributed by atoms with Crippen LogP contribution in [0.2, 0.25) is 0 Å². The van der Waals surface area contributed by atoms with Gasteiger partial charge in [-0.2, -0.15) is 15.4 Å². The zero-order chi connectivity index (χ0) is 22.6. The van der Waals surface area contributed by atoms with Crippen LogP contribution in [0.5, 0.6) is 0 Å². The van der Waals surface area contributed by atoms with Crippen LogP contribution in [0.1, 0.15) is 71.2 Å². The second-order valence-corrected chi connectivity index (χ2v) is 10.9. The molecule has 1 saturated heterocycles. The van der Waals surface area contributed by atoms with Crippen molar-refractivity contribution in [1.82, 2.24) is 25.6 Å². The molecule has 4 rings (SSSR count). The van der Waals surface area contributed by atoms with Gasteiger partial charge in [0.05, 0.1) is 11.6 Å². The molecule has 1 aromatic heterocycles. The van der Waals surface area contributed by atoms with Crippen LogP contribution in [0.3, 0.4) is 0 Å². The molecule has 2 N–H and O–H groups in total. The first-order chi connectivity index (χ1) is 14.4. The minimum Gasteiger partial charge on any atom is -0.444 e. The average Bonchev–Trinajstić information content (AvgIpc) is 3.36. The van der Waals surface area contributed by atoms with Gasteiger partial charge in [-0.15, -0.1) is 0 Å². The highest BCUT2D eigenvalue weighted by Gasteiger charge is 2.63. The smallest absolute Gasteiger partial charge is 0.411 e. The monoisotopic (exact) mass is 427 g/mol. The number of aromatic amines is 1. The molecule has 1 saturated carbocycles. The highest BCUT2D eigenvalue weighted by Crippen LogP contribution is 2.58. The predicted octanol–water partition coefficient (Wildman–Crippen LogP) is 3.89. The lowest BCUT2D eigenvalue weighted by Gasteiger charge is -2.50. The van der Waals surface area contributed by atoms with Gasteiger partial charge in [0.2, 0.25) is 0 Å². The quantitative estimate of drug-likeness (QED) is 0.774. The van der Waals surface area contributed by atoms with Crippen molar-refractivity contribution in [3.8, 4) is 0 Å². The summed E-state index contributed by atoms with van der Waals surface area (Å²) >= 11 is 0. The molecule has 3 unspecified atom stereocenters. The molecule has 1 aliphatic heterocycles. The van der Waals surface area contributed by atoms with Gasteiger partial charge in [0.1, 0.15) is 16.6 Å². The lowest BCUT2D eigenvalue weighted by atomic mass is 9.72. The molecule has 0 spiro atoms. The Labute approximate surface area is 183 Å². The number of likely N-dealkylation sites (tertiary alicyclic amines) is 1. The number of piperidine rings is 1. The molecule has 0 radical (unpaired) electrons. The third kappa shape index (κ3) is 3.77. The van der Waals surface area contributed by atoms with Crippen molar-refractivity contribution in [2.75, 3.05) is 6.54 Å². The fourth-order valence-electron chi connectivity index (χ4n) is 5.34. The van der Waals surface area contributed by atoms with E-state index in [-0.39, 0.29) is 29.0 Å². The van der Waals surface area contributed by atoms with Crippen LogP contribution in [0.4, 0.5) is 4.79 Å². The van der Waals surface area contributed by atoms with Crippen LogP contribution >= 0.6 is 0 Å². The van der Waals surface area contributed by atoms with Crippen LogP contribution < -0.4 is 5.32 Å². The van der Waals surface area contributed by atoms with E-state index in [1.54, 1.807) is 18.2 Å². The first kappa shape index (κ1) is 21.6. The summed E-state index contributed by atoms with van der Waals surface area (Å²) in [7, 11) is 0. The summed E-state index contributed by atoms with van der Waals surface area (Å²) in [6.45, 7) is 12.7. The molecule has 2 aliphatic rings. The molecule has 8 heteroatoms. The van der Waals surface area contributed by atoms with Gasteiger partial charge in [-0.25, -0.2) is 4.79 Å². The van der Waals surface area contributed by atoms with Crippen LogP contribution in [0, 0.1) is 11.3 Å². The summed E-state index contributed by atoms with van der Waals surface area (Å²) in [6.07, 6.45) is 2.68. The molecule has 168 valence electrons. The lowest BCUT2D eigenvalue weighted by molar-refractivity contribution is -0.0412. The lowest BCUT2D eigenvalue weighted by Crippen LogP contribution is -2.61. The van der Waals surface area contributed by atoms with Gasteiger partial charge >= 0.3 is 6.09 Å². The van der Waals surface area contributed by atoms with E-state index in [4.69, 9.17) is 4.74 Å². The molecule has 2 aromatic rings. The van der Waals surface area contributed by atoms with Crippen molar-refractivity contribution in [3.05, 3.63) is 23.8 Å². The Balaban J connectivity index is 1.55. The van der Waals surface area contributed by atoms with Gasteiger partial charge in [0.25, 0.3) is 5.91 Å². The Morgan fingerprint density at radius 3 is 2.58 bits per heavy atom. The van der Waals surface area contributed by atoms with Crippen molar-refractivity contribution >= 4 is 23.0 Å². The van der Waals surface area contributed by atoms with Crippen molar-refractivity contribution in [2.45, 2.75) is 78.0 Å². The fourth-order valence-corrected chi connectivity index (χ4v) is 5.34. The largest absolute Gasteiger partial charge is 0.444 e. The van der Waals surface area contributed by atoms with Gasteiger partial charge in [0, 0.05) is 12.1 Å². The molecular formula is C23H33N5O3. The SMILES string of the molecule is CC(C)(C)OC(=O)N1C(CNC(=O)c2ccc3n[nH]nc3c2)C2CCC1(C(C)(C)C)C2. The van der Waals surface area contributed by atoms with Crippen LogP contribution in [0.15, 0.2) is 18.2 Å². The molecule has 1 aromatic carbocycles. The minimum atomic E-state index is -0.571. The zero-order valence-electron chi connectivity index (χ0n) is 19.3. The van der Waals surface area contributed by atoms with Gasteiger partial charge in [-0.1, -0.05) is 20.8 Å². The van der Waals surface area contributed by atoms with Gasteiger partial charge in [0.15, 0.2) is 0 Å². The number of carbonyl (C=O) groups excluding carboxylic acids is 2. The summed E-state index contributed by atoms with van der Waals surface area (Å²) in [5.41, 5.74) is 0.977. The summed E-state index contributed by atoms with van der Waals surface area (Å²) in [4.78, 5) is 28.1. The summed E-state index contributed by atoms with van der Waals surface area (Å²) in [5, 5.41) is 13.7. The Kier molecular flexibility index (Phi) is 5.02. The van der Waals surface area contributed by atoms with Crippen LogP contribution in [0.25, 0.3) is 11.0 Å². The van der Waals surface area contributed by atoms with Crippen LogP contribution in [-0.4, -0.2) is 56.0 Å². The minimum absolute atomic E-state index is 0.0810. The molecule has 2 heterocycles. The summed E-state index contributed by atoms with van der Waals surface area (Å²) in [5.74, 6) is 0.173. The summed E-state index contributed by atoms with van der Waals surface area (Å²) in [6, 6.07) is 5.15. The Morgan fingerprint density at radius 2 is 1.90 bits per heavy atom. The number of rotatable bonds is 3. The van der Waals surface area contributed by atoms with Gasteiger partial charge in [-0.05, 0) is 69.6 Å². The number of H-pyrrole nitrogens is 1. The standard InChI is InChI=1S/C23H33N5O3/c1-21(2,3)23-10-9-15(12-23)18(28(23)20(30)31-22(4,5)6)13-24-19(29)14-7-8-16-17(11-14)26-27-25-16/h7-8,11,15,18H,9-10,12-13H2,1-6H3,(H,24,29)(H,25,26,27). The van der Waals surface area contributed by atoms with Crippen molar-refractivity contribution < 1.29 is 14.3 Å². The first-order valence-corrected chi connectivity index (χ1v) is 11.0. The number of hydrogen-bond donors (Lipinski definition) is 2. The number of amides is 2. The van der Waals surface area contributed by atoms with Crippen LogP contribution in [-0.2, 0) is 4.74 Å². The third-order valence-corrected chi connectivity index (χ3v) is 6.90. The van der Waals surface area contributed by atoms with E-state index < -0.39 is 5.60 Å². The second-order valence-electron chi connectivity index (χ2n) is 10.9. The van der Waals surface area contributed by atoms with E-state index >= 15 is 0 Å². The number of carbonyl (C=O) groups is 2. The highest BCUT2D eigenvalue weighted by molar-refractivity contribution is 5.97. The van der Waals surface area contributed by atoms with E-state index in [1.165, 1.54) is 0 Å². The fraction of sp³-hybridized carbons (Fsp3) is 0.652. The maximum atomic E-state index is 13.3. The normalized spacial score (nSPS) is 25.8. The van der Waals surface area contributed by atoms with E-state index in [9.17, 15) is 9.59 Å². The van der Waals surface area contributed by atoms with E-state index in [1.807, 2.05) is 25.7 Å².